The van der Waals surface area contributed by atoms with Gasteiger partial charge in [0.05, 0.1) is 4.90 Å². The van der Waals surface area contributed by atoms with Crippen molar-refractivity contribution in [2.45, 2.75) is 29.4 Å². The van der Waals surface area contributed by atoms with Crippen molar-refractivity contribution in [3.05, 3.63) is 22.7 Å². The van der Waals surface area contributed by atoms with Gasteiger partial charge in [-0.05, 0) is 59.6 Å². The molecular weight excluding hydrogens is 348 g/mol. The third-order valence-corrected chi connectivity index (χ3v) is 7.11. The molecule has 1 aromatic rings. The molecule has 1 saturated heterocycles. The third-order valence-electron chi connectivity index (χ3n) is 3.18. The Bertz CT molecular complexity index is 569. The second kappa shape index (κ2) is 5.63. The summed E-state index contributed by atoms with van der Waals surface area (Å²) in [6.07, 6.45) is 2.18. The topological polar surface area (TPSA) is 72.2 Å². The van der Waals surface area contributed by atoms with E-state index in [9.17, 15) is 8.42 Å². The lowest BCUT2D eigenvalue weighted by Gasteiger charge is -2.23. The van der Waals surface area contributed by atoms with Gasteiger partial charge in [0.15, 0.2) is 0 Å². The van der Waals surface area contributed by atoms with Gasteiger partial charge in [-0.1, -0.05) is 0 Å². The summed E-state index contributed by atoms with van der Waals surface area (Å²) in [6.45, 7) is 2.54. The van der Waals surface area contributed by atoms with Gasteiger partial charge in [-0.3, -0.25) is 0 Å². The van der Waals surface area contributed by atoms with E-state index in [1.165, 1.54) is 6.07 Å². The van der Waals surface area contributed by atoms with E-state index in [1.807, 2.05) is 11.8 Å². The molecule has 1 atom stereocenters. The van der Waals surface area contributed by atoms with Crippen LogP contribution in [0.15, 0.2) is 27.6 Å². The van der Waals surface area contributed by atoms with Crippen molar-refractivity contribution >= 4 is 43.4 Å². The number of rotatable bonds is 4. The number of hydrogen-bond donors (Lipinski definition) is 2. The lowest BCUT2D eigenvalue weighted by molar-refractivity contribution is 0.552. The summed E-state index contributed by atoms with van der Waals surface area (Å²) in [5.74, 6) is 1.10. The Balaban J connectivity index is 2.16. The van der Waals surface area contributed by atoms with Gasteiger partial charge in [-0.25, -0.2) is 13.1 Å². The standard InChI is InChI=1S/C12H17BrN2O2S2/c1-12(5-2-6-18-12)8-15-19(16,17)11-7-9(14)3-4-10(11)13/h3-4,7,15H,2,5-6,8,14H2,1H3. The zero-order chi connectivity index (χ0) is 14.1. The summed E-state index contributed by atoms with van der Waals surface area (Å²) < 4.78 is 27.8. The summed E-state index contributed by atoms with van der Waals surface area (Å²) in [5.41, 5.74) is 6.09. The maximum absolute atomic E-state index is 12.3. The normalized spacial score (nSPS) is 23.7. The van der Waals surface area contributed by atoms with Gasteiger partial charge in [0.1, 0.15) is 0 Å². The Labute approximate surface area is 126 Å². The van der Waals surface area contributed by atoms with Gasteiger partial charge >= 0.3 is 0 Å². The van der Waals surface area contributed by atoms with Crippen LogP contribution in [-0.2, 0) is 10.0 Å². The van der Waals surface area contributed by atoms with Gasteiger partial charge in [-0.15, -0.1) is 0 Å². The molecule has 1 heterocycles. The van der Waals surface area contributed by atoms with E-state index in [-0.39, 0.29) is 9.64 Å². The first-order valence-electron chi connectivity index (χ1n) is 6.01. The molecule has 0 bridgehead atoms. The van der Waals surface area contributed by atoms with Crippen LogP contribution in [0.4, 0.5) is 5.69 Å². The largest absolute Gasteiger partial charge is 0.399 e. The molecule has 1 aliphatic heterocycles. The molecule has 1 aliphatic rings. The number of hydrogen-bond acceptors (Lipinski definition) is 4. The fourth-order valence-corrected chi connectivity index (χ4v) is 5.53. The number of benzene rings is 1. The SMILES string of the molecule is CC1(CNS(=O)(=O)c2cc(N)ccc2Br)CCCS1. The van der Waals surface area contributed by atoms with Gasteiger partial charge in [-0.2, -0.15) is 11.8 Å². The van der Waals surface area contributed by atoms with Crippen LogP contribution < -0.4 is 10.5 Å². The Hall–Kier alpha value is -0.240. The molecule has 4 nitrogen and oxygen atoms in total. The highest BCUT2D eigenvalue weighted by molar-refractivity contribution is 9.10. The highest BCUT2D eigenvalue weighted by Crippen LogP contribution is 2.37. The lowest BCUT2D eigenvalue weighted by atomic mass is 10.1. The Morgan fingerprint density at radius 1 is 1.53 bits per heavy atom. The van der Waals surface area contributed by atoms with Crippen LogP contribution in [0.3, 0.4) is 0 Å². The molecule has 2 rings (SSSR count). The van der Waals surface area contributed by atoms with Crippen molar-refractivity contribution in [3.8, 4) is 0 Å². The minimum atomic E-state index is -3.53. The summed E-state index contributed by atoms with van der Waals surface area (Å²) in [7, 11) is -3.53. The molecule has 1 unspecified atom stereocenters. The first-order valence-corrected chi connectivity index (χ1v) is 9.27. The summed E-state index contributed by atoms with van der Waals surface area (Å²) in [5, 5.41) is 0. The zero-order valence-electron chi connectivity index (χ0n) is 10.6. The lowest BCUT2D eigenvalue weighted by Crippen LogP contribution is -2.36. The number of thioether (sulfide) groups is 1. The van der Waals surface area contributed by atoms with Crippen LogP contribution >= 0.6 is 27.7 Å². The van der Waals surface area contributed by atoms with E-state index in [0.29, 0.717) is 16.7 Å². The second-order valence-corrected chi connectivity index (χ2v) is 9.19. The van der Waals surface area contributed by atoms with Gasteiger partial charge in [0.2, 0.25) is 10.0 Å². The second-order valence-electron chi connectivity index (χ2n) is 4.92. The predicted molar refractivity (Wildman–Crippen MR) is 83.8 cm³/mol. The van der Waals surface area contributed by atoms with Crippen LogP contribution in [0.25, 0.3) is 0 Å². The summed E-state index contributed by atoms with van der Waals surface area (Å²) in [4.78, 5) is 0.194. The Kier molecular flexibility index (Phi) is 4.49. The zero-order valence-corrected chi connectivity index (χ0v) is 13.9. The highest BCUT2D eigenvalue weighted by Gasteiger charge is 2.31. The maximum Gasteiger partial charge on any atom is 0.241 e. The molecule has 3 N–H and O–H groups in total. The minimum Gasteiger partial charge on any atom is -0.399 e. The van der Waals surface area contributed by atoms with Crippen LogP contribution in [0.1, 0.15) is 19.8 Å². The molecule has 0 amide bonds. The van der Waals surface area contributed by atoms with Crippen LogP contribution in [0, 0.1) is 0 Å². The molecule has 0 spiro atoms. The number of nitrogens with two attached hydrogens (primary N) is 1. The smallest absolute Gasteiger partial charge is 0.241 e. The molecule has 106 valence electrons. The third kappa shape index (κ3) is 3.65. The first kappa shape index (κ1) is 15.2. The summed E-state index contributed by atoms with van der Waals surface area (Å²) in [6, 6.07) is 4.78. The van der Waals surface area contributed by atoms with E-state index < -0.39 is 10.0 Å². The van der Waals surface area contributed by atoms with E-state index in [4.69, 9.17) is 5.73 Å². The molecular formula is C12H17BrN2O2S2. The fourth-order valence-electron chi connectivity index (χ4n) is 2.03. The monoisotopic (exact) mass is 364 g/mol. The Morgan fingerprint density at radius 3 is 2.89 bits per heavy atom. The number of nitrogens with one attached hydrogen (secondary N) is 1. The van der Waals surface area contributed by atoms with E-state index in [0.717, 1.165) is 18.6 Å². The van der Waals surface area contributed by atoms with Crippen molar-refractivity contribution < 1.29 is 8.42 Å². The molecule has 0 aromatic heterocycles. The molecule has 7 heteroatoms. The number of halogens is 1. The van der Waals surface area contributed by atoms with E-state index in [1.54, 1.807) is 12.1 Å². The van der Waals surface area contributed by atoms with Crippen molar-refractivity contribution in [2.24, 2.45) is 0 Å². The number of sulfonamides is 1. The van der Waals surface area contributed by atoms with Crippen molar-refractivity contribution in [1.82, 2.24) is 4.72 Å². The number of nitrogen functional groups attached to an aromatic ring is 1. The summed E-state index contributed by atoms with van der Waals surface area (Å²) >= 11 is 5.08. The van der Waals surface area contributed by atoms with Gasteiger partial charge in [0.25, 0.3) is 0 Å². The predicted octanol–water partition coefficient (Wildman–Crippen LogP) is 2.60. The molecule has 0 aliphatic carbocycles. The first-order chi connectivity index (χ1) is 8.82. The average molecular weight is 365 g/mol. The number of anilines is 1. The van der Waals surface area contributed by atoms with Crippen molar-refractivity contribution in [2.75, 3.05) is 18.0 Å². The molecule has 1 aromatic carbocycles. The molecule has 1 fully saturated rings. The van der Waals surface area contributed by atoms with Crippen LogP contribution in [-0.4, -0.2) is 25.5 Å². The quantitative estimate of drug-likeness (QED) is 0.805. The Morgan fingerprint density at radius 2 is 2.26 bits per heavy atom. The molecule has 0 saturated carbocycles. The van der Waals surface area contributed by atoms with Crippen LogP contribution in [0.2, 0.25) is 0 Å². The minimum absolute atomic E-state index is 0.000128. The van der Waals surface area contributed by atoms with E-state index in [2.05, 4.69) is 27.6 Å². The highest BCUT2D eigenvalue weighted by atomic mass is 79.9. The van der Waals surface area contributed by atoms with Gasteiger partial charge < -0.3 is 5.73 Å². The van der Waals surface area contributed by atoms with E-state index >= 15 is 0 Å². The van der Waals surface area contributed by atoms with Gasteiger partial charge in [0, 0.05) is 21.5 Å². The van der Waals surface area contributed by atoms with Crippen LogP contribution in [0.5, 0.6) is 0 Å². The average Bonchev–Trinajstić information content (AvgIpc) is 2.78. The molecule has 19 heavy (non-hydrogen) atoms. The van der Waals surface area contributed by atoms with Crippen molar-refractivity contribution in [3.63, 3.8) is 0 Å². The maximum atomic E-state index is 12.3. The molecule has 0 radical (unpaired) electrons. The fraction of sp³-hybridized carbons (Fsp3) is 0.500. The van der Waals surface area contributed by atoms with Crippen molar-refractivity contribution in [1.29, 1.82) is 0 Å².